The summed E-state index contributed by atoms with van der Waals surface area (Å²) in [5.41, 5.74) is -15.3. The molecule has 0 fully saturated rings. The Morgan fingerprint density at radius 3 is 0.982 bits per heavy atom. The lowest BCUT2D eigenvalue weighted by Gasteiger charge is -2.34. The van der Waals surface area contributed by atoms with Gasteiger partial charge in [-0.05, 0) is 55.6 Å². The van der Waals surface area contributed by atoms with E-state index in [0.29, 0.717) is 0 Å². The Labute approximate surface area is 370 Å². The minimum Gasteiger partial charge on any atom is -0.208 e. The van der Waals surface area contributed by atoms with Crippen molar-refractivity contribution in [2.45, 2.75) is 5.41 Å². The molecule has 0 aliphatic heterocycles. The Bertz CT molecular complexity index is 4450. The second-order valence-corrected chi connectivity index (χ2v) is 11.3. The Morgan fingerprint density at radius 2 is 0.564 bits per heavy atom. The highest BCUT2D eigenvalue weighted by atomic mass is 15.0. The molecular formula is C52H35N3. The molecule has 0 N–H and O–H groups in total. The van der Waals surface area contributed by atoms with Crippen molar-refractivity contribution < 1.29 is 48.0 Å². The summed E-state index contributed by atoms with van der Waals surface area (Å²) in [5, 5.41) is 0. The van der Waals surface area contributed by atoms with Crippen molar-refractivity contribution in [1.82, 2.24) is 15.0 Å². The van der Waals surface area contributed by atoms with E-state index in [1.165, 1.54) is 0 Å². The van der Waals surface area contributed by atoms with Gasteiger partial charge in [-0.15, -0.1) is 0 Å². The molecule has 1 aliphatic carbocycles. The van der Waals surface area contributed by atoms with Gasteiger partial charge in [0.15, 0.2) is 17.5 Å². The van der Waals surface area contributed by atoms with E-state index in [0.717, 1.165) is 0 Å². The van der Waals surface area contributed by atoms with Gasteiger partial charge in [0.05, 0.1) is 53.4 Å². The van der Waals surface area contributed by atoms with Crippen LogP contribution in [0.5, 0.6) is 0 Å². The molecule has 0 spiro atoms. The van der Waals surface area contributed by atoms with Crippen LogP contribution in [0.25, 0.3) is 67.5 Å². The second-order valence-electron chi connectivity index (χ2n) is 11.3. The van der Waals surface area contributed by atoms with Crippen molar-refractivity contribution in [2.75, 3.05) is 0 Å². The van der Waals surface area contributed by atoms with Gasteiger partial charge in [-0.25, -0.2) is 15.0 Å². The Hall–Kier alpha value is -7.23. The first kappa shape index (κ1) is 12.4. The third kappa shape index (κ3) is 5.65. The van der Waals surface area contributed by atoms with Crippen LogP contribution in [0.2, 0.25) is 0 Å². The zero-order valence-corrected chi connectivity index (χ0v) is 27.3. The van der Waals surface area contributed by atoms with E-state index in [4.69, 9.17) is 28.8 Å². The number of rotatable bonds is 7. The largest absolute Gasteiger partial charge is 0.208 e. The average Bonchev–Trinajstić information content (AvgIpc) is 1.55. The summed E-state index contributed by atoms with van der Waals surface area (Å²) in [6.45, 7) is 0. The molecule has 0 unspecified atom stereocenters. The van der Waals surface area contributed by atoms with Gasteiger partial charge in [0.1, 0.15) is 0 Å². The quantitative estimate of drug-likeness (QED) is 0.164. The average molecular weight is 737 g/mol. The molecule has 0 radical (unpaired) electrons. The molecule has 1 aliphatic rings. The highest BCUT2D eigenvalue weighted by molar-refractivity contribution is 5.86. The van der Waals surface area contributed by atoms with E-state index in [-0.39, 0.29) is 0 Å². The minimum absolute atomic E-state index is 0.766. The van der Waals surface area contributed by atoms with Crippen molar-refractivity contribution in [2.24, 2.45) is 0 Å². The van der Waals surface area contributed by atoms with E-state index in [1.54, 1.807) is 0 Å². The maximum absolute atomic E-state index is 9.97. The van der Waals surface area contributed by atoms with Crippen LogP contribution < -0.4 is 0 Å². The molecule has 10 rings (SSSR count). The van der Waals surface area contributed by atoms with Gasteiger partial charge in [-0.3, -0.25) is 0 Å². The third-order valence-electron chi connectivity index (χ3n) is 8.31. The summed E-state index contributed by atoms with van der Waals surface area (Å²) >= 11 is 0. The van der Waals surface area contributed by atoms with Gasteiger partial charge in [-0.1, -0.05) is 211 Å². The number of hydrogen-bond acceptors (Lipinski definition) is 3. The fraction of sp³-hybridized carbons (Fsp3) is 0.0192. The predicted octanol–water partition coefficient (Wildman–Crippen LogP) is 12.6. The van der Waals surface area contributed by atoms with Gasteiger partial charge in [0.2, 0.25) is 0 Å². The normalized spacial score (nSPS) is 21.4. The van der Waals surface area contributed by atoms with Crippen LogP contribution in [-0.2, 0) is 5.41 Å². The van der Waals surface area contributed by atoms with Gasteiger partial charge in [-0.2, -0.15) is 0 Å². The van der Waals surface area contributed by atoms with Gasteiger partial charge < -0.3 is 0 Å². The highest BCUT2D eigenvalue weighted by Gasteiger charge is 2.45. The zero-order chi connectivity index (χ0) is 67.1. The van der Waals surface area contributed by atoms with Crippen molar-refractivity contribution >= 4 is 0 Å². The lowest BCUT2D eigenvalue weighted by atomic mass is 9.67. The molecule has 3 nitrogen and oxygen atoms in total. The van der Waals surface area contributed by atoms with Crippen LogP contribution in [0.3, 0.4) is 0 Å². The molecule has 0 bridgehead atoms. The standard InChI is InChI=1S/C52H35N3/c1-4-14-36(15-5-1)38-24-28-40(29-25-38)49-53-50(41-30-26-39(27-31-41)37-16-6-2-7-17-37)55-51(54-49)42-32-34-44(35-33-42)52(43-18-8-3-9-19-43)47-22-12-10-20-45(47)46-21-11-13-23-48(46)52/h1-35H/i1D,2D,3D,4D,5D,6D,7D,8D,9D,10D,11D,12D,13D,14D,15D,16D,17D,18D,19D,20D,21D,22D,23D,24D,25D,26D,27D,28D,29D,30D,31D,32D,33D,34D,35D. The minimum atomic E-state index is -3.30. The summed E-state index contributed by atoms with van der Waals surface area (Å²) < 4.78 is 314. The molecule has 0 saturated heterocycles. The molecule has 0 saturated carbocycles. The molecule has 1 aromatic heterocycles. The van der Waals surface area contributed by atoms with E-state index < -0.39 is 307 Å². The van der Waals surface area contributed by atoms with Gasteiger partial charge >= 0.3 is 0 Å². The number of aromatic nitrogens is 3. The molecule has 1 heterocycles. The summed E-state index contributed by atoms with van der Waals surface area (Å²) in [6.07, 6.45) is 0. The van der Waals surface area contributed by atoms with Gasteiger partial charge in [0.25, 0.3) is 0 Å². The Kier molecular flexibility index (Phi) is 3.08. The summed E-state index contributed by atoms with van der Waals surface area (Å²) in [7, 11) is 0. The van der Waals surface area contributed by atoms with Crippen LogP contribution >= 0.6 is 0 Å². The first-order valence-electron chi connectivity index (χ1n) is 33.3. The molecule has 258 valence electrons. The maximum atomic E-state index is 9.97. The first-order valence-corrected chi connectivity index (χ1v) is 15.8. The molecule has 3 heteroatoms. The number of nitrogens with zero attached hydrogens (tertiary/aromatic N) is 3. The van der Waals surface area contributed by atoms with E-state index >= 15 is 0 Å². The van der Waals surface area contributed by atoms with Crippen molar-refractivity contribution in [3.8, 4) is 67.5 Å². The lowest BCUT2D eigenvalue weighted by molar-refractivity contribution is 0.768. The van der Waals surface area contributed by atoms with Crippen molar-refractivity contribution in [3.05, 3.63) is 234 Å². The predicted molar refractivity (Wildman–Crippen MR) is 224 cm³/mol. The fourth-order valence-corrected chi connectivity index (χ4v) is 5.92. The van der Waals surface area contributed by atoms with Crippen LogP contribution in [0, 0.1) is 0 Å². The SMILES string of the molecule is [2H]c1c([2H])c([2H])c(-c2c([2H])c([2H])c(-c3nc(-c4c([2H])c([2H])c(-c5c([2H])c([2H])c([2H])c([2H])c5[2H])c([2H])c4[2H])nc(-c4c([2H])c([2H])c(C5(c6c([2H])c([2H])c([2H])c([2H])c6[2H])c6c([2H])c([2H])c([2H])c([2H])c6-c6c([2H])c([2H])c([2H])c([2H])c65)c([2H])c4[2H])n3)c([2H])c2[2H])c([2H])c1[2H]. The Morgan fingerprint density at radius 1 is 0.273 bits per heavy atom. The molecule has 8 aromatic carbocycles. The second kappa shape index (κ2) is 13.6. The molecule has 0 amide bonds. The molecule has 55 heavy (non-hydrogen) atoms. The molecular weight excluding hydrogens is 667 g/mol. The summed E-state index contributed by atoms with van der Waals surface area (Å²) in [4.78, 5) is 12.8. The lowest BCUT2D eigenvalue weighted by Crippen LogP contribution is -2.28. The summed E-state index contributed by atoms with van der Waals surface area (Å²) in [5.74, 6) is -3.29. The number of fused-ring (bicyclic) bond motifs is 3. The smallest absolute Gasteiger partial charge is 0.164 e. The van der Waals surface area contributed by atoms with Crippen LogP contribution in [0.1, 0.15) is 70.2 Å². The van der Waals surface area contributed by atoms with E-state index in [1.807, 2.05) is 0 Å². The Balaban J connectivity index is 1.39. The summed E-state index contributed by atoms with van der Waals surface area (Å²) in [6, 6.07) is -38.2. The van der Waals surface area contributed by atoms with E-state index in [9.17, 15) is 19.2 Å². The van der Waals surface area contributed by atoms with E-state index in [2.05, 4.69) is 15.0 Å². The molecule has 0 atom stereocenters. The number of benzene rings is 8. The maximum Gasteiger partial charge on any atom is 0.164 e. The first-order chi connectivity index (χ1) is 41.8. The third-order valence-corrected chi connectivity index (χ3v) is 8.31. The number of hydrogen-bond donors (Lipinski definition) is 0. The van der Waals surface area contributed by atoms with Crippen molar-refractivity contribution in [3.63, 3.8) is 0 Å². The van der Waals surface area contributed by atoms with Crippen LogP contribution in [-0.4, -0.2) is 15.0 Å². The monoisotopic (exact) mass is 737 g/mol. The highest BCUT2D eigenvalue weighted by Crippen LogP contribution is 2.56. The van der Waals surface area contributed by atoms with Gasteiger partial charge in [0, 0.05) is 16.7 Å². The topological polar surface area (TPSA) is 38.7 Å². The zero-order valence-electron chi connectivity index (χ0n) is 62.3. The van der Waals surface area contributed by atoms with Crippen LogP contribution in [0.15, 0.2) is 211 Å². The van der Waals surface area contributed by atoms with Crippen molar-refractivity contribution in [1.29, 1.82) is 0 Å². The van der Waals surface area contributed by atoms with Crippen LogP contribution in [0.4, 0.5) is 0 Å². The molecule has 9 aromatic rings. The fourth-order valence-electron chi connectivity index (χ4n) is 5.92.